The molecule has 0 radical (unpaired) electrons. The van der Waals surface area contributed by atoms with Crippen LogP contribution in [0.1, 0.15) is 16.7 Å². The molecule has 0 spiro atoms. The molecule has 2 rings (SSSR count). The number of benzene rings is 2. The number of aryl methyl sites for hydroxylation is 2. The molecule has 0 aliphatic rings. The van der Waals surface area contributed by atoms with E-state index in [1.54, 1.807) is 12.1 Å². The molecule has 0 saturated heterocycles. The Bertz CT molecular complexity index is 726. The van der Waals surface area contributed by atoms with Crippen LogP contribution in [0.15, 0.2) is 47.4 Å². The highest BCUT2D eigenvalue weighted by atomic mass is 35.5. The van der Waals surface area contributed by atoms with Crippen LogP contribution in [-0.4, -0.2) is 8.42 Å². The summed E-state index contributed by atoms with van der Waals surface area (Å²) in [7, 11) is -3.55. The minimum absolute atomic E-state index is 0.182. The quantitative estimate of drug-likeness (QED) is 0.940. The molecule has 0 saturated carbocycles. The Morgan fingerprint density at radius 1 is 1.05 bits per heavy atom. The average Bonchev–Trinajstić information content (AvgIpc) is 2.41. The molecule has 20 heavy (non-hydrogen) atoms. The topological polar surface area (TPSA) is 46.2 Å². The average molecular weight is 310 g/mol. The van der Waals surface area contributed by atoms with Crippen LogP contribution in [0.3, 0.4) is 0 Å². The molecule has 2 aromatic rings. The third kappa shape index (κ3) is 3.39. The molecular formula is C15H16ClNO2S. The van der Waals surface area contributed by atoms with Gasteiger partial charge in [0.1, 0.15) is 0 Å². The summed E-state index contributed by atoms with van der Waals surface area (Å²) in [6.45, 7) is 4.05. The van der Waals surface area contributed by atoms with Crippen molar-refractivity contribution in [3.8, 4) is 0 Å². The molecule has 0 amide bonds. The van der Waals surface area contributed by atoms with E-state index in [9.17, 15) is 8.42 Å². The maximum Gasteiger partial charge on any atom is 0.240 e. The van der Waals surface area contributed by atoms with Gasteiger partial charge in [-0.25, -0.2) is 13.1 Å². The van der Waals surface area contributed by atoms with Gasteiger partial charge in [0.15, 0.2) is 0 Å². The van der Waals surface area contributed by atoms with Crippen molar-refractivity contribution in [1.29, 1.82) is 0 Å². The number of nitrogens with one attached hydrogen (secondary N) is 1. The van der Waals surface area contributed by atoms with Crippen LogP contribution < -0.4 is 4.72 Å². The first-order valence-electron chi connectivity index (χ1n) is 6.20. The van der Waals surface area contributed by atoms with Crippen molar-refractivity contribution in [3.63, 3.8) is 0 Å². The van der Waals surface area contributed by atoms with E-state index in [-0.39, 0.29) is 11.4 Å². The molecule has 0 unspecified atom stereocenters. The van der Waals surface area contributed by atoms with E-state index in [0.29, 0.717) is 5.02 Å². The largest absolute Gasteiger partial charge is 0.240 e. The highest BCUT2D eigenvalue weighted by Gasteiger charge is 2.15. The van der Waals surface area contributed by atoms with Crippen LogP contribution in [0.5, 0.6) is 0 Å². The van der Waals surface area contributed by atoms with Crippen LogP contribution in [0, 0.1) is 13.8 Å². The van der Waals surface area contributed by atoms with Crippen molar-refractivity contribution in [2.45, 2.75) is 25.3 Å². The molecule has 0 bridgehead atoms. The summed E-state index contributed by atoms with van der Waals surface area (Å²) in [4.78, 5) is 0.182. The van der Waals surface area contributed by atoms with E-state index in [1.165, 1.54) is 6.07 Å². The monoisotopic (exact) mass is 309 g/mol. The van der Waals surface area contributed by atoms with Gasteiger partial charge >= 0.3 is 0 Å². The highest BCUT2D eigenvalue weighted by Crippen LogP contribution is 2.20. The molecule has 0 aliphatic heterocycles. The number of halogens is 1. The van der Waals surface area contributed by atoms with E-state index in [4.69, 9.17) is 11.6 Å². The zero-order valence-corrected chi connectivity index (χ0v) is 12.9. The van der Waals surface area contributed by atoms with E-state index < -0.39 is 10.0 Å². The molecule has 3 nitrogen and oxygen atoms in total. The van der Waals surface area contributed by atoms with E-state index in [1.807, 2.05) is 38.1 Å². The first kappa shape index (κ1) is 15.0. The Hall–Kier alpha value is -1.36. The highest BCUT2D eigenvalue weighted by molar-refractivity contribution is 7.89. The fourth-order valence-corrected chi connectivity index (χ4v) is 3.08. The van der Waals surface area contributed by atoms with Gasteiger partial charge in [0.05, 0.1) is 4.90 Å². The fraction of sp³-hybridized carbons (Fsp3) is 0.200. The second-order valence-electron chi connectivity index (χ2n) is 4.66. The Labute approximate surface area is 124 Å². The summed E-state index contributed by atoms with van der Waals surface area (Å²) in [6.07, 6.45) is 0. The third-order valence-electron chi connectivity index (χ3n) is 3.17. The third-order valence-corrected chi connectivity index (χ3v) is 4.97. The Morgan fingerprint density at radius 3 is 2.40 bits per heavy atom. The van der Waals surface area contributed by atoms with Crippen LogP contribution >= 0.6 is 11.6 Å². The molecule has 0 heterocycles. The van der Waals surface area contributed by atoms with Crippen LogP contribution in [0.2, 0.25) is 5.02 Å². The second-order valence-corrected chi connectivity index (χ2v) is 6.84. The predicted molar refractivity (Wildman–Crippen MR) is 81.4 cm³/mol. The predicted octanol–water partition coefficient (Wildman–Crippen LogP) is 3.44. The number of hydrogen-bond donors (Lipinski definition) is 1. The molecule has 0 aromatic heterocycles. The maximum atomic E-state index is 12.2. The Morgan fingerprint density at radius 2 is 1.75 bits per heavy atom. The summed E-state index contributed by atoms with van der Waals surface area (Å²) in [5, 5.41) is 0.448. The summed E-state index contributed by atoms with van der Waals surface area (Å²) < 4.78 is 27.0. The molecule has 0 aliphatic carbocycles. The van der Waals surface area contributed by atoms with Gasteiger partial charge in [-0.15, -0.1) is 0 Å². The van der Waals surface area contributed by atoms with Gasteiger partial charge in [0.2, 0.25) is 10.0 Å². The van der Waals surface area contributed by atoms with Crippen molar-refractivity contribution < 1.29 is 8.42 Å². The maximum absolute atomic E-state index is 12.2. The van der Waals surface area contributed by atoms with Gasteiger partial charge < -0.3 is 0 Å². The van der Waals surface area contributed by atoms with Gasteiger partial charge in [-0.2, -0.15) is 0 Å². The summed E-state index contributed by atoms with van der Waals surface area (Å²) in [6, 6.07) is 12.4. The van der Waals surface area contributed by atoms with Crippen LogP contribution in [-0.2, 0) is 16.6 Å². The first-order valence-corrected chi connectivity index (χ1v) is 8.06. The van der Waals surface area contributed by atoms with E-state index in [0.717, 1.165) is 16.7 Å². The lowest BCUT2D eigenvalue weighted by Crippen LogP contribution is -2.23. The van der Waals surface area contributed by atoms with E-state index in [2.05, 4.69) is 4.72 Å². The van der Waals surface area contributed by atoms with Gasteiger partial charge in [0, 0.05) is 11.6 Å². The molecule has 106 valence electrons. The molecule has 1 N–H and O–H groups in total. The normalized spacial score (nSPS) is 11.6. The smallest absolute Gasteiger partial charge is 0.207 e. The standard InChI is InChI=1S/C15H16ClNO2S/c1-11-5-3-4-6-13(11)10-17-20(18,19)14-8-7-12(2)15(16)9-14/h3-9,17H,10H2,1-2H3. The van der Waals surface area contributed by atoms with E-state index >= 15 is 0 Å². The first-order chi connectivity index (χ1) is 9.40. The summed E-state index contributed by atoms with van der Waals surface area (Å²) in [5.74, 6) is 0. The molecule has 0 fully saturated rings. The van der Waals surface area contributed by atoms with Gasteiger partial charge in [0.25, 0.3) is 0 Å². The van der Waals surface area contributed by atoms with Gasteiger partial charge in [-0.05, 0) is 42.7 Å². The van der Waals surface area contributed by atoms with Crippen LogP contribution in [0.4, 0.5) is 0 Å². The summed E-state index contributed by atoms with van der Waals surface area (Å²) in [5.41, 5.74) is 2.86. The van der Waals surface area contributed by atoms with Crippen molar-refractivity contribution in [3.05, 3.63) is 64.2 Å². The Kier molecular flexibility index (Phi) is 4.48. The number of rotatable bonds is 4. The fourth-order valence-electron chi connectivity index (χ4n) is 1.81. The number of sulfonamides is 1. The second kappa shape index (κ2) is 5.95. The Balaban J connectivity index is 2.19. The molecule has 0 atom stereocenters. The minimum atomic E-state index is -3.55. The van der Waals surface area contributed by atoms with Crippen molar-refractivity contribution in [2.24, 2.45) is 0 Å². The zero-order chi connectivity index (χ0) is 14.8. The van der Waals surface area contributed by atoms with Crippen LogP contribution in [0.25, 0.3) is 0 Å². The van der Waals surface area contributed by atoms with Gasteiger partial charge in [-0.1, -0.05) is 41.9 Å². The SMILES string of the molecule is Cc1ccc(S(=O)(=O)NCc2ccccc2C)cc1Cl. The lowest BCUT2D eigenvalue weighted by atomic mass is 10.1. The van der Waals surface area contributed by atoms with Crippen molar-refractivity contribution in [1.82, 2.24) is 4.72 Å². The van der Waals surface area contributed by atoms with Crippen molar-refractivity contribution >= 4 is 21.6 Å². The van der Waals surface area contributed by atoms with Gasteiger partial charge in [-0.3, -0.25) is 0 Å². The zero-order valence-electron chi connectivity index (χ0n) is 11.4. The molecule has 5 heteroatoms. The molecular weight excluding hydrogens is 294 g/mol. The lowest BCUT2D eigenvalue weighted by Gasteiger charge is -2.09. The summed E-state index contributed by atoms with van der Waals surface area (Å²) >= 11 is 5.97. The lowest BCUT2D eigenvalue weighted by molar-refractivity contribution is 0.581. The molecule has 2 aromatic carbocycles. The van der Waals surface area contributed by atoms with Crippen molar-refractivity contribution in [2.75, 3.05) is 0 Å². The minimum Gasteiger partial charge on any atom is -0.207 e. The number of hydrogen-bond acceptors (Lipinski definition) is 2.